The molecule has 3 heterocycles. The summed E-state index contributed by atoms with van der Waals surface area (Å²) in [7, 11) is 0. The van der Waals surface area contributed by atoms with E-state index in [0.717, 1.165) is 21.3 Å². The molecule has 7 aromatic carbocycles. The van der Waals surface area contributed by atoms with Crippen LogP contribution in [0.25, 0.3) is 49.9 Å². The van der Waals surface area contributed by atoms with Gasteiger partial charge in [0.05, 0.1) is 16.4 Å². The number of hydrogen-bond acceptors (Lipinski definition) is 4. The molecule has 2 aromatic heterocycles. The van der Waals surface area contributed by atoms with E-state index in [2.05, 4.69) is 50.0 Å². The fourth-order valence-corrected chi connectivity index (χ4v) is 7.32. The molecule has 0 radical (unpaired) electrons. The van der Waals surface area contributed by atoms with E-state index < -0.39 is 78.8 Å². The molecular formula is C53H41N4OPt-3. The van der Waals surface area contributed by atoms with Crippen LogP contribution in [-0.4, -0.2) is 9.55 Å². The van der Waals surface area contributed by atoms with E-state index in [1.54, 1.807) is 24.3 Å². The van der Waals surface area contributed by atoms with E-state index in [1.165, 1.54) is 6.07 Å². The topological polar surface area (TPSA) is 33.5 Å². The number of anilines is 4. The molecule has 0 bridgehead atoms. The number of ether oxygens (including phenoxy) is 1. The van der Waals surface area contributed by atoms with Crippen molar-refractivity contribution in [3.8, 4) is 39.6 Å². The van der Waals surface area contributed by atoms with Gasteiger partial charge in [-0.2, -0.15) is 12.1 Å². The average Bonchev–Trinajstić information content (AvgIpc) is 3.91. The summed E-state index contributed by atoms with van der Waals surface area (Å²) in [6.07, 6.45) is -0.755. The molecule has 1 aliphatic rings. The Morgan fingerprint density at radius 3 is 2.24 bits per heavy atom. The third-order valence-electron chi connectivity index (χ3n) is 10.0. The Kier molecular flexibility index (Phi) is 6.39. The van der Waals surface area contributed by atoms with Crippen molar-refractivity contribution in [3.63, 3.8) is 0 Å². The van der Waals surface area contributed by atoms with Gasteiger partial charge in [-0.15, -0.1) is 48.1 Å². The predicted octanol–water partition coefficient (Wildman–Crippen LogP) is 13.9. The van der Waals surface area contributed by atoms with Gasteiger partial charge in [-0.25, -0.2) is 4.98 Å². The molecule has 0 N–H and O–H groups in total. The molecule has 6 heteroatoms. The molecule has 9 aromatic rings. The maximum atomic E-state index is 9.07. The van der Waals surface area contributed by atoms with Crippen LogP contribution in [0.15, 0.2) is 170 Å². The van der Waals surface area contributed by atoms with Crippen molar-refractivity contribution in [1.29, 1.82) is 0 Å². The number of fused-ring (bicyclic) bond motifs is 4. The molecule has 0 fully saturated rings. The summed E-state index contributed by atoms with van der Waals surface area (Å²) in [5.41, 5.74) is 4.47. The largest absolute Gasteiger partial charge is 0.509 e. The maximum Gasteiger partial charge on any atom is 0.135 e. The fourth-order valence-electron chi connectivity index (χ4n) is 7.32. The first kappa shape index (κ1) is 24.5. The first-order chi connectivity index (χ1) is 34.5. The van der Waals surface area contributed by atoms with Crippen molar-refractivity contribution in [2.24, 2.45) is 0 Å². The molecule has 0 spiro atoms. The zero-order valence-electron chi connectivity index (χ0n) is 46.8. The molecule has 0 atom stereocenters. The van der Waals surface area contributed by atoms with Crippen LogP contribution < -0.4 is 14.5 Å². The Balaban J connectivity index is 0.00000672. The Morgan fingerprint density at radius 1 is 0.695 bits per heavy atom. The predicted molar refractivity (Wildman–Crippen MR) is 239 cm³/mol. The van der Waals surface area contributed by atoms with Crippen molar-refractivity contribution >= 4 is 44.6 Å². The Labute approximate surface area is 381 Å². The molecular weight excluding hydrogens is 904 g/mol. The van der Waals surface area contributed by atoms with Crippen molar-refractivity contribution in [1.82, 2.24) is 9.55 Å². The Morgan fingerprint density at radius 2 is 1.42 bits per heavy atom. The number of pyridine rings is 1. The van der Waals surface area contributed by atoms with Gasteiger partial charge in [0.15, 0.2) is 0 Å². The third-order valence-corrected chi connectivity index (χ3v) is 10.0. The van der Waals surface area contributed by atoms with E-state index >= 15 is 0 Å². The van der Waals surface area contributed by atoms with Crippen LogP contribution >= 0.6 is 0 Å². The van der Waals surface area contributed by atoms with Crippen LogP contribution in [0.3, 0.4) is 0 Å². The zero-order valence-corrected chi connectivity index (χ0v) is 34.1. The van der Waals surface area contributed by atoms with Crippen LogP contribution in [0.2, 0.25) is 0 Å². The molecule has 0 saturated carbocycles. The number of para-hydroxylation sites is 4. The average molecular weight is 960 g/mol. The van der Waals surface area contributed by atoms with E-state index in [0.29, 0.717) is 28.3 Å². The SMILES string of the molecule is [2H]c1nc(-n2c3[c-]c(Oc4[c-]c(N5[CH-]N(c6c(-c7cccc(C(C)(C)C)c7)cccc6-c6c([2H])c([2H])c([2H])c([2H])c6[2H])c6ccccc65)ccc4)ccc3c3c([2H])c([2H])c([2H])c([2H])c32)c([2H])c(C([2H])([2H])[2H])c1[2H].[Pt]. The van der Waals surface area contributed by atoms with Gasteiger partial charge in [0.25, 0.3) is 0 Å². The normalized spacial score (nSPS) is 16.3. The van der Waals surface area contributed by atoms with Gasteiger partial charge < -0.3 is 19.1 Å². The number of benzene rings is 7. The molecule has 59 heavy (non-hydrogen) atoms. The van der Waals surface area contributed by atoms with Gasteiger partial charge in [-0.05, 0) is 70.2 Å². The van der Waals surface area contributed by atoms with Crippen LogP contribution in [0.4, 0.5) is 22.7 Å². The van der Waals surface area contributed by atoms with E-state index in [1.807, 2.05) is 71.1 Å². The third kappa shape index (κ3) is 7.00. The molecule has 10 rings (SSSR count). The molecule has 5 nitrogen and oxygen atoms in total. The first-order valence-electron chi connectivity index (χ1n) is 26.0. The number of hydrogen-bond donors (Lipinski definition) is 0. The summed E-state index contributed by atoms with van der Waals surface area (Å²) in [5.74, 6) is -0.197. The first-order valence-corrected chi connectivity index (χ1v) is 18.5. The number of rotatable bonds is 7. The second kappa shape index (κ2) is 15.4. The minimum Gasteiger partial charge on any atom is -0.509 e. The summed E-state index contributed by atoms with van der Waals surface area (Å²) in [4.78, 5) is 7.94. The van der Waals surface area contributed by atoms with Gasteiger partial charge in [-0.1, -0.05) is 129 Å². The van der Waals surface area contributed by atoms with Gasteiger partial charge in [0, 0.05) is 76.6 Å². The van der Waals surface area contributed by atoms with Crippen molar-refractivity contribution in [3.05, 3.63) is 200 Å². The summed E-state index contributed by atoms with van der Waals surface area (Å²) >= 11 is 0. The Bertz CT molecular complexity index is 3770. The maximum absolute atomic E-state index is 9.07. The summed E-state index contributed by atoms with van der Waals surface area (Å²) in [6, 6.07) is 30.2. The van der Waals surface area contributed by atoms with Gasteiger partial charge in [0.2, 0.25) is 0 Å². The summed E-state index contributed by atoms with van der Waals surface area (Å²) in [6.45, 7) is 5.19. The van der Waals surface area contributed by atoms with Crippen LogP contribution in [0, 0.1) is 25.7 Å². The smallest absolute Gasteiger partial charge is 0.135 e. The van der Waals surface area contributed by atoms with E-state index in [-0.39, 0.29) is 77.4 Å². The molecule has 0 saturated heterocycles. The molecule has 0 aliphatic carbocycles. The summed E-state index contributed by atoms with van der Waals surface area (Å²) < 4.78 is 136. The number of nitrogens with zero attached hydrogens (tertiary/aromatic N) is 4. The second-order valence-electron chi connectivity index (χ2n) is 14.7. The minimum atomic E-state index is -3.00. The van der Waals surface area contributed by atoms with Crippen LogP contribution in [0.5, 0.6) is 11.5 Å². The van der Waals surface area contributed by atoms with Crippen molar-refractivity contribution < 1.29 is 46.4 Å². The van der Waals surface area contributed by atoms with Crippen LogP contribution in [0.1, 0.15) is 52.5 Å². The van der Waals surface area contributed by atoms with Gasteiger partial charge in [-0.3, -0.25) is 0 Å². The standard InChI is InChI=1S/C53H41N4O.Pt/c1-36-29-30-54-51(31-36)57-47-24-9-8-21-45(47)46-28-27-42(34-50(46)57)58-41-20-13-19-40(33-41)55-35-56(49-26-11-10-25-48(49)55)52-43(37-15-6-5-7-16-37)22-14-23-44(52)38-17-12-18-39(32-38)53(2,3)4;/h5-32,35H,1-4H3;/q-3;/i1D3,5D,6D,7D,8D,9D,15D,16D,21D,24D,29D,30D,31D;. The van der Waals surface area contributed by atoms with E-state index in [9.17, 15) is 0 Å². The molecule has 1 aliphatic heterocycles. The monoisotopic (exact) mass is 959 g/mol. The van der Waals surface area contributed by atoms with Crippen molar-refractivity contribution in [2.45, 2.75) is 33.0 Å². The number of aromatic nitrogens is 2. The zero-order chi connectivity index (χ0) is 52.3. The van der Waals surface area contributed by atoms with Crippen LogP contribution in [-0.2, 0) is 26.5 Å². The van der Waals surface area contributed by atoms with Gasteiger partial charge in [0.1, 0.15) is 5.82 Å². The fraction of sp³-hybridized carbons (Fsp3) is 0.0943. The minimum absolute atomic E-state index is 0. The molecule has 292 valence electrons. The molecule has 0 amide bonds. The quantitative estimate of drug-likeness (QED) is 0.149. The van der Waals surface area contributed by atoms with Gasteiger partial charge >= 0.3 is 0 Å². The Hall–Kier alpha value is -6.42. The van der Waals surface area contributed by atoms with E-state index in [4.69, 9.17) is 25.3 Å². The van der Waals surface area contributed by atoms with Crippen molar-refractivity contribution in [2.75, 3.05) is 9.80 Å². The molecule has 0 unspecified atom stereocenters. The second-order valence-corrected chi connectivity index (χ2v) is 14.7. The summed E-state index contributed by atoms with van der Waals surface area (Å²) in [5, 5.41) is 0.267.